The van der Waals surface area contributed by atoms with Crippen LogP contribution in [0.2, 0.25) is 0 Å². The maximum absolute atomic E-state index is 5.78. The van der Waals surface area contributed by atoms with Gasteiger partial charge in [0.1, 0.15) is 18.1 Å². The molecule has 0 saturated carbocycles. The van der Waals surface area contributed by atoms with E-state index in [0.717, 1.165) is 30.3 Å². The van der Waals surface area contributed by atoms with Crippen molar-refractivity contribution in [1.29, 1.82) is 0 Å². The number of hydrogen-bond acceptors (Lipinski definition) is 3. The van der Waals surface area contributed by atoms with Crippen molar-refractivity contribution in [3.8, 4) is 11.5 Å². The van der Waals surface area contributed by atoms with Crippen molar-refractivity contribution >= 4 is 5.69 Å². The number of ether oxygens (including phenoxy) is 2. The van der Waals surface area contributed by atoms with Crippen LogP contribution in [0, 0.1) is 19.8 Å². The third-order valence-electron chi connectivity index (χ3n) is 3.60. The molecule has 3 heteroatoms. The lowest BCUT2D eigenvalue weighted by atomic mass is 10.1. The number of nitrogens with one attached hydrogen (secondary N) is 1. The molecule has 3 nitrogen and oxygen atoms in total. The molecule has 0 aliphatic rings. The minimum atomic E-state index is 0.526. The summed E-state index contributed by atoms with van der Waals surface area (Å²) in [5, 5.41) is 3.36. The summed E-state index contributed by atoms with van der Waals surface area (Å²) in [6, 6.07) is 14.2. The van der Waals surface area contributed by atoms with Crippen LogP contribution in [-0.4, -0.2) is 19.8 Å². The maximum Gasteiger partial charge on any atom is 0.121 e. The highest BCUT2D eigenvalue weighted by molar-refractivity contribution is 5.48. The summed E-state index contributed by atoms with van der Waals surface area (Å²) in [6.45, 7) is 10.6. The van der Waals surface area contributed by atoms with E-state index in [1.54, 1.807) is 0 Å². The zero-order valence-corrected chi connectivity index (χ0v) is 14.6. The van der Waals surface area contributed by atoms with Gasteiger partial charge in [0, 0.05) is 18.3 Å². The number of anilines is 1. The van der Waals surface area contributed by atoms with Crippen LogP contribution in [0.5, 0.6) is 11.5 Å². The molecular weight excluding hydrogens is 286 g/mol. The van der Waals surface area contributed by atoms with E-state index < -0.39 is 0 Å². The molecule has 0 amide bonds. The van der Waals surface area contributed by atoms with Crippen molar-refractivity contribution in [1.82, 2.24) is 0 Å². The van der Waals surface area contributed by atoms with Gasteiger partial charge in [-0.3, -0.25) is 0 Å². The van der Waals surface area contributed by atoms with Crippen LogP contribution in [0.3, 0.4) is 0 Å². The molecule has 1 N–H and O–H groups in total. The monoisotopic (exact) mass is 313 g/mol. The first kappa shape index (κ1) is 17.2. The summed E-state index contributed by atoms with van der Waals surface area (Å²) < 4.78 is 11.5. The van der Waals surface area contributed by atoms with Gasteiger partial charge in [-0.15, -0.1) is 0 Å². The van der Waals surface area contributed by atoms with Crippen LogP contribution in [0.1, 0.15) is 25.0 Å². The van der Waals surface area contributed by atoms with Gasteiger partial charge in [-0.25, -0.2) is 0 Å². The van der Waals surface area contributed by atoms with E-state index in [4.69, 9.17) is 9.47 Å². The minimum absolute atomic E-state index is 0.526. The third kappa shape index (κ3) is 5.85. The van der Waals surface area contributed by atoms with E-state index in [0.29, 0.717) is 12.5 Å². The Morgan fingerprint density at radius 3 is 2.43 bits per heavy atom. The van der Waals surface area contributed by atoms with Gasteiger partial charge >= 0.3 is 0 Å². The lowest BCUT2D eigenvalue weighted by Gasteiger charge is -2.12. The molecule has 124 valence electrons. The van der Waals surface area contributed by atoms with E-state index in [1.165, 1.54) is 11.1 Å². The van der Waals surface area contributed by atoms with Crippen LogP contribution in [0.4, 0.5) is 5.69 Å². The molecule has 0 aliphatic heterocycles. The molecule has 2 aromatic carbocycles. The largest absolute Gasteiger partial charge is 0.493 e. The van der Waals surface area contributed by atoms with Gasteiger partial charge in [-0.1, -0.05) is 26.0 Å². The average molecular weight is 313 g/mol. The van der Waals surface area contributed by atoms with Gasteiger partial charge in [-0.05, 0) is 55.2 Å². The van der Waals surface area contributed by atoms with Crippen LogP contribution in [0.25, 0.3) is 0 Å². The number of aryl methyl sites for hydroxylation is 2. The van der Waals surface area contributed by atoms with Gasteiger partial charge in [-0.2, -0.15) is 0 Å². The molecule has 0 aromatic heterocycles. The molecule has 0 saturated heterocycles. The topological polar surface area (TPSA) is 30.5 Å². The van der Waals surface area contributed by atoms with Gasteiger partial charge in [0.2, 0.25) is 0 Å². The van der Waals surface area contributed by atoms with Crippen LogP contribution >= 0.6 is 0 Å². The number of benzene rings is 2. The lowest BCUT2D eigenvalue weighted by molar-refractivity contribution is 0.271. The Kier molecular flexibility index (Phi) is 6.33. The van der Waals surface area contributed by atoms with Crippen molar-refractivity contribution in [2.75, 3.05) is 25.1 Å². The summed E-state index contributed by atoms with van der Waals surface area (Å²) in [6.07, 6.45) is 0. The van der Waals surface area contributed by atoms with Crippen molar-refractivity contribution in [2.24, 2.45) is 5.92 Å². The van der Waals surface area contributed by atoms with E-state index >= 15 is 0 Å². The fraction of sp³-hybridized carbons (Fsp3) is 0.400. The maximum atomic E-state index is 5.78. The van der Waals surface area contributed by atoms with E-state index in [2.05, 4.69) is 45.1 Å². The Labute approximate surface area is 139 Å². The molecule has 0 fully saturated rings. The first-order chi connectivity index (χ1) is 11.0. The van der Waals surface area contributed by atoms with Crippen molar-refractivity contribution < 1.29 is 9.47 Å². The van der Waals surface area contributed by atoms with Crippen LogP contribution in [-0.2, 0) is 0 Å². The molecular formula is C20H27NO2. The van der Waals surface area contributed by atoms with Gasteiger partial charge in [0.05, 0.1) is 6.61 Å². The molecule has 2 rings (SSSR count). The lowest BCUT2D eigenvalue weighted by Crippen LogP contribution is -2.11. The van der Waals surface area contributed by atoms with E-state index in [9.17, 15) is 0 Å². The number of hydrogen-bond donors (Lipinski definition) is 1. The van der Waals surface area contributed by atoms with Crippen molar-refractivity contribution in [3.05, 3.63) is 53.6 Å². The highest BCUT2D eigenvalue weighted by Crippen LogP contribution is 2.18. The molecule has 0 heterocycles. The quantitative estimate of drug-likeness (QED) is 0.708. The van der Waals surface area contributed by atoms with Crippen molar-refractivity contribution in [2.45, 2.75) is 27.7 Å². The number of rotatable bonds is 8. The molecule has 0 radical (unpaired) electrons. The Morgan fingerprint density at radius 2 is 1.70 bits per heavy atom. The second-order valence-corrected chi connectivity index (χ2v) is 6.25. The molecule has 0 aliphatic carbocycles. The summed E-state index contributed by atoms with van der Waals surface area (Å²) in [7, 11) is 0. The predicted octanol–water partition coefficient (Wildman–Crippen LogP) is 4.83. The average Bonchev–Trinajstić information content (AvgIpc) is 2.53. The van der Waals surface area contributed by atoms with Crippen LogP contribution < -0.4 is 14.8 Å². The first-order valence-corrected chi connectivity index (χ1v) is 8.21. The Balaban J connectivity index is 1.77. The first-order valence-electron chi connectivity index (χ1n) is 8.21. The fourth-order valence-corrected chi connectivity index (χ4v) is 2.13. The smallest absolute Gasteiger partial charge is 0.121 e. The second-order valence-electron chi connectivity index (χ2n) is 6.25. The van der Waals surface area contributed by atoms with E-state index in [1.807, 2.05) is 30.3 Å². The normalized spacial score (nSPS) is 10.7. The summed E-state index contributed by atoms with van der Waals surface area (Å²) >= 11 is 0. The summed E-state index contributed by atoms with van der Waals surface area (Å²) in [4.78, 5) is 0. The van der Waals surface area contributed by atoms with E-state index in [-0.39, 0.29) is 0 Å². The van der Waals surface area contributed by atoms with Gasteiger partial charge in [0.25, 0.3) is 0 Å². The summed E-state index contributed by atoms with van der Waals surface area (Å²) in [5.41, 5.74) is 3.59. The zero-order valence-electron chi connectivity index (χ0n) is 14.6. The SMILES string of the molecule is Cc1ccc(OCCNc2cccc(OCC(C)C)c2)cc1C. The molecule has 0 bridgehead atoms. The van der Waals surface area contributed by atoms with Crippen LogP contribution in [0.15, 0.2) is 42.5 Å². The molecule has 23 heavy (non-hydrogen) atoms. The second kappa shape index (κ2) is 8.47. The molecule has 0 unspecified atom stereocenters. The fourth-order valence-electron chi connectivity index (χ4n) is 2.13. The molecule has 0 atom stereocenters. The molecule has 2 aromatic rings. The Hall–Kier alpha value is -2.16. The zero-order chi connectivity index (χ0) is 16.7. The van der Waals surface area contributed by atoms with Crippen molar-refractivity contribution in [3.63, 3.8) is 0 Å². The third-order valence-corrected chi connectivity index (χ3v) is 3.60. The Bertz CT molecular complexity index is 623. The highest BCUT2D eigenvalue weighted by atomic mass is 16.5. The minimum Gasteiger partial charge on any atom is -0.493 e. The highest BCUT2D eigenvalue weighted by Gasteiger charge is 2.00. The molecule has 0 spiro atoms. The predicted molar refractivity (Wildman–Crippen MR) is 96.7 cm³/mol. The standard InChI is InChI=1S/C20H27NO2/c1-15(2)14-23-19-7-5-6-18(13-19)21-10-11-22-20-9-8-16(3)17(4)12-20/h5-9,12-13,15,21H,10-11,14H2,1-4H3. The van der Waals surface area contributed by atoms with Gasteiger partial charge < -0.3 is 14.8 Å². The van der Waals surface area contributed by atoms with Gasteiger partial charge in [0.15, 0.2) is 0 Å². The Morgan fingerprint density at radius 1 is 0.913 bits per heavy atom. The summed E-state index contributed by atoms with van der Waals surface area (Å²) in [5.74, 6) is 2.35.